The third kappa shape index (κ3) is 3.46. The Bertz CT molecular complexity index is 1210. The lowest BCUT2D eigenvalue weighted by Gasteiger charge is -2.06. The summed E-state index contributed by atoms with van der Waals surface area (Å²) < 4.78 is 1.58. The number of hydrogen-bond acceptors (Lipinski definition) is 4. The zero-order valence-electron chi connectivity index (χ0n) is 15.6. The molecule has 0 saturated carbocycles. The maximum atomic E-state index is 13.0. The number of aryl methyl sites for hydroxylation is 2. The van der Waals surface area contributed by atoms with Crippen molar-refractivity contribution in [1.82, 2.24) is 9.55 Å². The molecule has 4 rings (SSSR count). The standard InChI is InChI=1S/C22H19N3O2S/c1-14-8-10-17(11-9-14)24-20(26)19-15(2)18-21(28-19)23-13-25(22(18)27)12-16-6-4-3-5-7-16/h3-11,13H,12H2,1-2H3,(H,24,26). The van der Waals surface area contributed by atoms with E-state index in [4.69, 9.17) is 0 Å². The molecule has 6 heteroatoms. The fourth-order valence-electron chi connectivity index (χ4n) is 3.09. The van der Waals surface area contributed by atoms with Crippen LogP contribution in [0.1, 0.15) is 26.4 Å². The van der Waals surface area contributed by atoms with E-state index >= 15 is 0 Å². The molecule has 0 saturated heterocycles. The summed E-state index contributed by atoms with van der Waals surface area (Å²) in [5.74, 6) is -0.224. The minimum absolute atomic E-state index is 0.128. The van der Waals surface area contributed by atoms with Gasteiger partial charge in [-0.05, 0) is 37.1 Å². The average molecular weight is 389 g/mol. The van der Waals surface area contributed by atoms with Crippen molar-refractivity contribution in [2.45, 2.75) is 20.4 Å². The number of rotatable bonds is 4. The quantitative estimate of drug-likeness (QED) is 0.563. The second-order valence-electron chi connectivity index (χ2n) is 6.72. The zero-order chi connectivity index (χ0) is 19.7. The summed E-state index contributed by atoms with van der Waals surface area (Å²) >= 11 is 1.25. The Labute approximate surface area is 166 Å². The van der Waals surface area contributed by atoms with E-state index in [1.807, 2.05) is 61.5 Å². The van der Waals surface area contributed by atoms with Gasteiger partial charge in [0.15, 0.2) is 0 Å². The van der Waals surface area contributed by atoms with Crippen LogP contribution >= 0.6 is 11.3 Å². The summed E-state index contributed by atoms with van der Waals surface area (Å²) in [6, 6.07) is 17.4. The number of anilines is 1. The lowest BCUT2D eigenvalue weighted by atomic mass is 10.2. The Morgan fingerprint density at radius 1 is 1.07 bits per heavy atom. The fraction of sp³-hybridized carbons (Fsp3) is 0.136. The predicted molar refractivity (Wildman–Crippen MR) is 113 cm³/mol. The van der Waals surface area contributed by atoms with Crippen LogP contribution in [0.15, 0.2) is 65.7 Å². The SMILES string of the molecule is Cc1ccc(NC(=O)c2sc3ncn(Cc4ccccc4)c(=O)c3c2C)cc1. The molecule has 0 unspecified atom stereocenters. The molecule has 2 aromatic carbocycles. The molecule has 0 aliphatic carbocycles. The van der Waals surface area contributed by atoms with Gasteiger partial charge >= 0.3 is 0 Å². The largest absolute Gasteiger partial charge is 0.321 e. The lowest BCUT2D eigenvalue weighted by molar-refractivity contribution is 0.103. The summed E-state index contributed by atoms with van der Waals surface area (Å²) in [5, 5.41) is 3.41. The van der Waals surface area contributed by atoms with E-state index in [-0.39, 0.29) is 11.5 Å². The van der Waals surface area contributed by atoms with Gasteiger partial charge in [0.05, 0.1) is 23.1 Å². The summed E-state index contributed by atoms with van der Waals surface area (Å²) in [6.07, 6.45) is 1.55. The number of nitrogens with one attached hydrogen (secondary N) is 1. The molecule has 0 bridgehead atoms. The second-order valence-corrected chi connectivity index (χ2v) is 7.72. The minimum Gasteiger partial charge on any atom is -0.321 e. The summed E-state index contributed by atoms with van der Waals surface area (Å²) in [7, 11) is 0. The van der Waals surface area contributed by atoms with E-state index in [9.17, 15) is 9.59 Å². The second kappa shape index (κ2) is 7.40. The van der Waals surface area contributed by atoms with Crippen LogP contribution in [0.25, 0.3) is 10.2 Å². The third-order valence-electron chi connectivity index (χ3n) is 4.63. The van der Waals surface area contributed by atoms with Crippen molar-refractivity contribution in [3.8, 4) is 0 Å². The van der Waals surface area contributed by atoms with Gasteiger partial charge in [-0.3, -0.25) is 14.2 Å². The van der Waals surface area contributed by atoms with Gasteiger partial charge < -0.3 is 5.32 Å². The molecule has 0 fully saturated rings. The van der Waals surface area contributed by atoms with Gasteiger partial charge in [-0.15, -0.1) is 11.3 Å². The molecule has 2 aromatic heterocycles. The molecule has 0 aliphatic heterocycles. The molecular weight excluding hydrogens is 370 g/mol. The summed E-state index contributed by atoms with van der Waals surface area (Å²) in [6.45, 7) is 4.25. The van der Waals surface area contributed by atoms with Crippen molar-refractivity contribution < 1.29 is 4.79 Å². The van der Waals surface area contributed by atoms with E-state index in [1.165, 1.54) is 11.3 Å². The van der Waals surface area contributed by atoms with Crippen molar-refractivity contribution in [3.05, 3.63) is 92.8 Å². The highest BCUT2D eigenvalue weighted by Gasteiger charge is 2.19. The third-order valence-corrected chi connectivity index (χ3v) is 5.83. The molecule has 0 aliphatic rings. The molecule has 2 heterocycles. The normalized spacial score (nSPS) is 10.9. The molecule has 0 radical (unpaired) electrons. The number of amides is 1. The van der Waals surface area contributed by atoms with Crippen LogP contribution in [-0.4, -0.2) is 15.5 Å². The number of aromatic nitrogens is 2. The lowest BCUT2D eigenvalue weighted by Crippen LogP contribution is -2.21. The average Bonchev–Trinajstić information content (AvgIpc) is 3.04. The van der Waals surface area contributed by atoms with Gasteiger partial charge in [-0.25, -0.2) is 4.98 Å². The first kappa shape index (κ1) is 18.1. The van der Waals surface area contributed by atoms with Gasteiger partial charge in [0.1, 0.15) is 4.83 Å². The molecule has 5 nitrogen and oxygen atoms in total. The number of hydrogen-bond donors (Lipinski definition) is 1. The number of nitrogens with zero attached hydrogens (tertiary/aromatic N) is 2. The van der Waals surface area contributed by atoms with E-state index in [1.54, 1.807) is 17.8 Å². The Morgan fingerprint density at radius 2 is 1.79 bits per heavy atom. The molecule has 0 spiro atoms. The van der Waals surface area contributed by atoms with Crippen molar-refractivity contribution in [2.24, 2.45) is 0 Å². The summed E-state index contributed by atoms with van der Waals surface area (Å²) in [4.78, 5) is 31.2. The predicted octanol–water partition coefficient (Wildman–Crippen LogP) is 4.38. The molecule has 0 atom stereocenters. The van der Waals surface area contributed by atoms with Gasteiger partial charge in [-0.1, -0.05) is 48.0 Å². The fourth-order valence-corrected chi connectivity index (χ4v) is 4.13. The Morgan fingerprint density at radius 3 is 2.50 bits per heavy atom. The molecule has 140 valence electrons. The van der Waals surface area contributed by atoms with Crippen LogP contribution in [0.3, 0.4) is 0 Å². The highest BCUT2D eigenvalue weighted by Crippen LogP contribution is 2.27. The zero-order valence-corrected chi connectivity index (χ0v) is 16.4. The van der Waals surface area contributed by atoms with Gasteiger partial charge in [0.2, 0.25) is 0 Å². The first-order chi connectivity index (χ1) is 13.5. The van der Waals surface area contributed by atoms with Crippen LogP contribution in [0, 0.1) is 13.8 Å². The Kier molecular flexibility index (Phi) is 4.79. The highest BCUT2D eigenvalue weighted by molar-refractivity contribution is 7.20. The van der Waals surface area contributed by atoms with Crippen LogP contribution in [0.2, 0.25) is 0 Å². The highest BCUT2D eigenvalue weighted by atomic mass is 32.1. The van der Waals surface area contributed by atoms with Crippen LogP contribution in [0.5, 0.6) is 0 Å². The van der Waals surface area contributed by atoms with Gasteiger partial charge in [0.25, 0.3) is 11.5 Å². The Balaban J connectivity index is 1.68. The number of fused-ring (bicyclic) bond motifs is 1. The van der Waals surface area contributed by atoms with Crippen molar-refractivity contribution in [1.29, 1.82) is 0 Å². The van der Waals surface area contributed by atoms with E-state index in [0.717, 1.165) is 16.8 Å². The van der Waals surface area contributed by atoms with E-state index in [2.05, 4.69) is 10.3 Å². The van der Waals surface area contributed by atoms with Crippen LogP contribution < -0.4 is 10.9 Å². The van der Waals surface area contributed by atoms with Gasteiger partial charge in [-0.2, -0.15) is 0 Å². The molecular formula is C22H19N3O2S. The van der Waals surface area contributed by atoms with E-state index < -0.39 is 0 Å². The Hall–Kier alpha value is -3.25. The topological polar surface area (TPSA) is 64.0 Å². The number of thiophene rings is 1. The number of carbonyl (C=O) groups is 1. The first-order valence-electron chi connectivity index (χ1n) is 8.93. The first-order valence-corrected chi connectivity index (χ1v) is 9.75. The van der Waals surface area contributed by atoms with Crippen LogP contribution in [0.4, 0.5) is 5.69 Å². The molecule has 1 amide bonds. The molecule has 1 N–H and O–H groups in total. The smallest absolute Gasteiger partial charge is 0.266 e. The number of carbonyl (C=O) groups excluding carboxylic acids is 1. The maximum absolute atomic E-state index is 13.0. The maximum Gasteiger partial charge on any atom is 0.266 e. The number of benzene rings is 2. The minimum atomic E-state index is -0.224. The monoisotopic (exact) mass is 389 g/mol. The molecule has 28 heavy (non-hydrogen) atoms. The van der Waals surface area contributed by atoms with Crippen molar-refractivity contribution in [3.63, 3.8) is 0 Å². The summed E-state index contributed by atoms with van der Waals surface area (Å²) in [5.41, 5.74) is 3.42. The van der Waals surface area contributed by atoms with E-state index in [0.29, 0.717) is 27.2 Å². The van der Waals surface area contributed by atoms with Crippen molar-refractivity contribution in [2.75, 3.05) is 5.32 Å². The van der Waals surface area contributed by atoms with Crippen LogP contribution in [-0.2, 0) is 6.54 Å². The van der Waals surface area contributed by atoms with Crippen molar-refractivity contribution >= 4 is 33.1 Å². The van der Waals surface area contributed by atoms with Gasteiger partial charge in [0, 0.05) is 5.69 Å². The molecule has 4 aromatic rings.